The van der Waals surface area contributed by atoms with Crippen molar-refractivity contribution < 1.29 is 4.79 Å². The van der Waals surface area contributed by atoms with Crippen molar-refractivity contribution >= 4 is 34.7 Å². The molecule has 2 aromatic heterocycles. The largest absolute Gasteiger partial charge is 0.331 e. The molecule has 0 bridgehead atoms. The van der Waals surface area contributed by atoms with Crippen molar-refractivity contribution in [3.05, 3.63) is 45.9 Å². The molecule has 2 aromatic rings. The second-order valence-electron chi connectivity index (χ2n) is 3.70. The molecule has 0 fully saturated rings. The van der Waals surface area contributed by atoms with Gasteiger partial charge in [0.05, 0.1) is 10.4 Å². The molecule has 2 amide bonds. The van der Waals surface area contributed by atoms with E-state index < -0.39 is 0 Å². The Morgan fingerprint density at radius 1 is 1.33 bits per heavy atom. The van der Waals surface area contributed by atoms with Crippen LogP contribution in [0.25, 0.3) is 0 Å². The number of nitrogens with zero attached hydrogens (tertiary/aromatic N) is 1. The van der Waals surface area contributed by atoms with Crippen LogP contribution in [0, 0.1) is 0 Å². The third-order valence-electron chi connectivity index (χ3n) is 2.31. The van der Waals surface area contributed by atoms with Gasteiger partial charge in [-0.15, -0.1) is 11.3 Å². The highest BCUT2D eigenvalue weighted by molar-refractivity contribution is 7.16. The average molecular weight is 282 g/mol. The third kappa shape index (κ3) is 3.45. The van der Waals surface area contributed by atoms with Crippen molar-refractivity contribution in [1.82, 2.24) is 10.3 Å². The van der Waals surface area contributed by atoms with Crippen LogP contribution in [0.2, 0.25) is 4.34 Å². The van der Waals surface area contributed by atoms with E-state index in [4.69, 9.17) is 11.6 Å². The molecule has 18 heavy (non-hydrogen) atoms. The zero-order chi connectivity index (χ0) is 13.0. The van der Waals surface area contributed by atoms with Crippen molar-refractivity contribution in [2.75, 3.05) is 5.32 Å². The van der Waals surface area contributed by atoms with Crippen LogP contribution in [-0.4, -0.2) is 11.0 Å². The van der Waals surface area contributed by atoms with Gasteiger partial charge >= 0.3 is 6.03 Å². The van der Waals surface area contributed by atoms with Gasteiger partial charge in [-0.1, -0.05) is 11.6 Å². The lowest BCUT2D eigenvalue weighted by atomic mass is 10.3. The maximum absolute atomic E-state index is 11.7. The molecular formula is C12H12ClN3OS. The van der Waals surface area contributed by atoms with E-state index >= 15 is 0 Å². The van der Waals surface area contributed by atoms with Crippen molar-refractivity contribution in [3.8, 4) is 0 Å². The summed E-state index contributed by atoms with van der Waals surface area (Å²) in [6.07, 6.45) is 3.25. The molecule has 4 nitrogen and oxygen atoms in total. The zero-order valence-corrected chi connectivity index (χ0v) is 11.3. The number of urea groups is 1. The van der Waals surface area contributed by atoms with Crippen LogP contribution in [0.5, 0.6) is 0 Å². The van der Waals surface area contributed by atoms with Gasteiger partial charge in [0, 0.05) is 23.0 Å². The number of aromatic nitrogens is 1. The van der Waals surface area contributed by atoms with Crippen molar-refractivity contribution in [3.63, 3.8) is 0 Å². The average Bonchev–Trinajstić information content (AvgIpc) is 2.77. The van der Waals surface area contributed by atoms with Gasteiger partial charge in [-0.3, -0.25) is 4.98 Å². The number of amides is 2. The van der Waals surface area contributed by atoms with Gasteiger partial charge in [0.15, 0.2) is 0 Å². The molecule has 0 aliphatic rings. The Labute approximate surface area is 114 Å². The Morgan fingerprint density at radius 2 is 2.06 bits per heavy atom. The topological polar surface area (TPSA) is 54.0 Å². The lowest BCUT2D eigenvalue weighted by molar-refractivity contribution is 0.249. The van der Waals surface area contributed by atoms with Gasteiger partial charge in [0.2, 0.25) is 0 Å². The minimum atomic E-state index is -0.252. The lowest BCUT2D eigenvalue weighted by Gasteiger charge is -2.13. The summed E-state index contributed by atoms with van der Waals surface area (Å²) in [5, 5.41) is 5.57. The molecule has 0 spiro atoms. The van der Waals surface area contributed by atoms with Gasteiger partial charge in [0.1, 0.15) is 0 Å². The van der Waals surface area contributed by atoms with E-state index in [2.05, 4.69) is 15.6 Å². The number of halogens is 1. The maximum Gasteiger partial charge on any atom is 0.319 e. The highest BCUT2D eigenvalue weighted by atomic mass is 35.5. The first-order valence-corrected chi connectivity index (χ1v) is 6.57. The smallest absolute Gasteiger partial charge is 0.319 e. The summed E-state index contributed by atoms with van der Waals surface area (Å²) >= 11 is 7.31. The van der Waals surface area contributed by atoms with Crippen LogP contribution in [0.4, 0.5) is 10.5 Å². The number of rotatable bonds is 3. The number of nitrogens with one attached hydrogen (secondary N) is 2. The number of pyridine rings is 1. The number of hydrogen-bond donors (Lipinski definition) is 2. The number of hydrogen-bond acceptors (Lipinski definition) is 3. The molecule has 0 aliphatic carbocycles. The highest BCUT2D eigenvalue weighted by Crippen LogP contribution is 2.26. The fraction of sp³-hybridized carbons (Fsp3) is 0.167. The van der Waals surface area contributed by atoms with Gasteiger partial charge in [0.25, 0.3) is 0 Å². The Balaban J connectivity index is 1.92. The second kappa shape index (κ2) is 5.84. The van der Waals surface area contributed by atoms with Crippen molar-refractivity contribution in [2.45, 2.75) is 13.0 Å². The molecule has 0 saturated heterocycles. The molecule has 0 saturated carbocycles. The van der Waals surface area contributed by atoms with Gasteiger partial charge in [-0.05, 0) is 31.2 Å². The number of carbonyl (C=O) groups is 1. The summed E-state index contributed by atoms with van der Waals surface area (Å²) in [6, 6.07) is 6.85. The monoisotopic (exact) mass is 281 g/mol. The predicted molar refractivity (Wildman–Crippen MR) is 74.1 cm³/mol. The molecule has 0 radical (unpaired) electrons. The summed E-state index contributed by atoms with van der Waals surface area (Å²) in [5.41, 5.74) is 0.707. The first-order valence-electron chi connectivity index (χ1n) is 5.38. The summed E-state index contributed by atoms with van der Waals surface area (Å²) < 4.78 is 0.716. The van der Waals surface area contributed by atoms with Gasteiger partial charge in [-0.25, -0.2) is 4.79 Å². The summed E-state index contributed by atoms with van der Waals surface area (Å²) in [7, 11) is 0. The van der Waals surface area contributed by atoms with E-state index in [9.17, 15) is 4.79 Å². The van der Waals surface area contributed by atoms with E-state index in [0.717, 1.165) is 4.88 Å². The lowest BCUT2D eigenvalue weighted by Crippen LogP contribution is -2.30. The number of thiophene rings is 1. The maximum atomic E-state index is 11.7. The fourth-order valence-electron chi connectivity index (χ4n) is 1.43. The fourth-order valence-corrected chi connectivity index (χ4v) is 2.49. The molecule has 2 heterocycles. The predicted octanol–water partition coefficient (Wildman–Crippen LogP) is 3.68. The first kappa shape index (κ1) is 12.9. The SMILES string of the molecule is C[C@@H](NC(=O)Nc1ccncc1)c1ccc(Cl)s1. The minimum Gasteiger partial charge on any atom is -0.331 e. The second-order valence-corrected chi connectivity index (χ2v) is 5.44. The Kier molecular flexibility index (Phi) is 4.17. The number of carbonyl (C=O) groups excluding carboxylic acids is 1. The van der Waals surface area contributed by atoms with Crippen LogP contribution in [0.3, 0.4) is 0 Å². The molecule has 0 aromatic carbocycles. The molecule has 1 atom stereocenters. The Bertz CT molecular complexity index is 529. The Hall–Kier alpha value is -1.59. The van der Waals surface area contributed by atoms with E-state index in [1.165, 1.54) is 11.3 Å². The zero-order valence-electron chi connectivity index (χ0n) is 9.68. The molecule has 0 aliphatic heterocycles. The van der Waals surface area contributed by atoms with Crippen LogP contribution in [-0.2, 0) is 0 Å². The van der Waals surface area contributed by atoms with E-state index in [1.54, 1.807) is 24.5 Å². The van der Waals surface area contributed by atoms with Gasteiger partial charge in [-0.2, -0.15) is 0 Å². The molecule has 2 N–H and O–H groups in total. The Morgan fingerprint density at radius 3 is 2.67 bits per heavy atom. The van der Waals surface area contributed by atoms with E-state index in [1.807, 2.05) is 19.1 Å². The summed E-state index contributed by atoms with van der Waals surface area (Å²) in [5.74, 6) is 0. The van der Waals surface area contributed by atoms with Crippen molar-refractivity contribution in [1.29, 1.82) is 0 Å². The van der Waals surface area contributed by atoms with Gasteiger partial charge < -0.3 is 10.6 Å². The normalized spacial score (nSPS) is 11.9. The standard InChI is InChI=1S/C12H12ClN3OS/c1-8(10-2-3-11(13)18-10)15-12(17)16-9-4-6-14-7-5-9/h2-8H,1H3,(H2,14,15,16,17)/t8-/m1/s1. The van der Waals surface area contributed by atoms with Crippen molar-refractivity contribution in [2.24, 2.45) is 0 Å². The highest BCUT2D eigenvalue weighted by Gasteiger charge is 2.11. The molecule has 0 unspecified atom stereocenters. The summed E-state index contributed by atoms with van der Waals surface area (Å²) in [4.78, 5) is 16.6. The molecule has 94 valence electrons. The molecular weight excluding hydrogens is 270 g/mol. The third-order valence-corrected chi connectivity index (χ3v) is 3.72. The van der Waals surface area contributed by atoms with E-state index in [-0.39, 0.29) is 12.1 Å². The molecule has 6 heteroatoms. The van der Waals surface area contributed by atoms with Crippen LogP contribution in [0.1, 0.15) is 17.8 Å². The quantitative estimate of drug-likeness (QED) is 0.902. The van der Waals surface area contributed by atoms with Crippen LogP contribution >= 0.6 is 22.9 Å². The first-order chi connectivity index (χ1) is 8.65. The minimum absolute atomic E-state index is 0.0793. The number of anilines is 1. The molecule has 2 rings (SSSR count). The summed E-state index contributed by atoms with van der Waals surface area (Å²) in [6.45, 7) is 1.91. The van der Waals surface area contributed by atoms with E-state index in [0.29, 0.717) is 10.0 Å². The van der Waals surface area contributed by atoms with Crippen LogP contribution in [0.15, 0.2) is 36.7 Å². The van der Waals surface area contributed by atoms with Crippen LogP contribution < -0.4 is 10.6 Å².